The number of hydrogen-bond acceptors (Lipinski definition) is 2. The zero-order valence-electron chi connectivity index (χ0n) is 12.0. The normalized spacial score (nSPS) is 18.4. The van der Waals surface area contributed by atoms with Crippen molar-refractivity contribution in [2.45, 2.75) is 25.3 Å². The van der Waals surface area contributed by atoms with Gasteiger partial charge in [0.1, 0.15) is 6.04 Å². The second-order valence-electron chi connectivity index (χ2n) is 5.52. The van der Waals surface area contributed by atoms with Gasteiger partial charge < -0.3 is 10.0 Å². The van der Waals surface area contributed by atoms with Crippen LogP contribution in [0.3, 0.4) is 0 Å². The minimum absolute atomic E-state index is 0.204. The van der Waals surface area contributed by atoms with Crippen LogP contribution in [-0.2, 0) is 4.79 Å². The molecule has 1 aliphatic rings. The molecule has 3 rings (SSSR count). The molecular weight excluding hydrogens is 346 g/mol. The first-order valence-corrected chi connectivity index (χ1v) is 8.09. The van der Waals surface area contributed by atoms with Gasteiger partial charge in [-0.25, -0.2) is 4.79 Å². The van der Waals surface area contributed by atoms with Crippen molar-refractivity contribution >= 4 is 38.6 Å². The maximum absolute atomic E-state index is 12.9. The molecule has 0 aromatic heterocycles. The Morgan fingerprint density at radius 3 is 2.73 bits per heavy atom. The number of carbonyl (C=O) groups excluding carboxylic acids is 1. The molecule has 1 N–H and O–H groups in total. The Kier molecular flexibility index (Phi) is 4.16. The number of fused-ring (bicyclic) bond motifs is 1. The molecule has 4 nitrogen and oxygen atoms in total. The number of aliphatic carboxylic acids is 1. The molecule has 1 atom stereocenters. The molecule has 1 fully saturated rings. The highest BCUT2D eigenvalue weighted by atomic mass is 79.9. The summed E-state index contributed by atoms with van der Waals surface area (Å²) in [7, 11) is 0. The van der Waals surface area contributed by atoms with Crippen LogP contribution in [0.15, 0.2) is 40.9 Å². The van der Waals surface area contributed by atoms with E-state index in [1.54, 1.807) is 6.07 Å². The van der Waals surface area contributed by atoms with E-state index in [1.165, 1.54) is 4.90 Å². The zero-order chi connectivity index (χ0) is 15.7. The Hall–Kier alpha value is -1.88. The van der Waals surface area contributed by atoms with E-state index in [-0.39, 0.29) is 5.91 Å². The van der Waals surface area contributed by atoms with Crippen molar-refractivity contribution in [3.8, 4) is 0 Å². The largest absolute Gasteiger partial charge is 0.480 e. The molecule has 1 saturated heterocycles. The molecular formula is C17H16BrNO3. The lowest BCUT2D eigenvalue weighted by Gasteiger charge is -2.33. The van der Waals surface area contributed by atoms with Crippen molar-refractivity contribution in [2.24, 2.45) is 0 Å². The van der Waals surface area contributed by atoms with Crippen LogP contribution < -0.4 is 0 Å². The molecule has 1 amide bonds. The van der Waals surface area contributed by atoms with E-state index < -0.39 is 12.0 Å². The highest BCUT2D eigenvalue weighted by molar-refractivity contribution is 9.10. The average molecular weight is 362 g/mol. The van der Waals surface area contributed by atoms with E-state index in [9.17, 15) is 14.7 Å². The molecule has 0 spiro atoms. The van der Waals surface area contributed by atoms with E-state index in [1.807, 2.05) is 30.3 Å². The summed E-state index contributed by atoms with van der Waals surface area (Å²) < 4.78 is 0.818. The summed E-state index contributed by atoms with van der Waals surface area (Å²) in [6.07, 6.45) is 2.22. The first-order chi connectivity index (χ1) is 10.6. The SMILES string of the molecule is O=C(O)[C@H]1CCCCN1C(=O)c1cc(Br)cc2ccccc12. The molecule has 0 aliphatic carbocycles. The van der Waals surface area contributed by atoms with Crippen LogP contribution in [0.25, 0.3) is 10.8 Å². The van der Waals surface area contributed by atoms with Gasteiger partial charge in [-0.2, -0.15) is 0 Å². The Morgan fingerprint density at radius 1 is 1.18 bits per heavy atom. The number of nitrogens with zero attached hydrogens (tertiary/aromatic N) is 1. The Bertz CT molecular complexity index is 744. The van der Waals surface area contributed by atoms with Gasteiger partial charge in [0.25, 0.3) is 5.91 Å². The van der Waals surface area contributed by atoms with Crippen molar-refractivity contribution in [2.75, 3.05) is 6.54 Å². The van der Waals surface area contributed by atoms with Crippen LogP contribution in [0.1, 0.15) is 29.6 Å². The van der Waals surface area contributed by atoms with Crippen molar-refractivity contribution in [3.63, 3.8) is 0 Å². The number of carboxylic acid groups (broad SMARTS) is 1. The fourth-order valence-electron chi connectivity index (χ4n) is 3.04. The van der Waals surface area contributed by atoms with Gasteiger partial charge in [0, 0.05) is 16.6 Å². The van der Waals surface area contributed by atoms with Crippen molar-refractivity contribution in [1.29, 1.82) is 0 Å². The third-order valence-corrected chi connectivity index (χ3v) is 4.56. The summed E-state index contributed by atoms with van der Waals surface area (Å²) in [4.78, 5) is 25.9. The monoisotopic (exact) mass is 361 g/mol. The number of piperidine rings is 1. The molecule has 2 aromatic rings. The van der Waals surface area contributed by atoms with Crippen molar-refractivity contribution < 1.29 is 14.7 Å². The van der Waals surface area contributed by atoms with E-state index >= 15 is 0 Å². The van der Waals surface area contributed by atoms with E-state index in [0.29, 0.717) is 18.5 Å². The predicted octanol–water partition coefficient (Wildman–Crippen LogP) is 3.68. The number of amides is 1. The van der Waals surface area contributed by atoms with Crippen molar-refractivity contribution in [3.05, 3.63) is 46.4 Å². The summed E-state index contributed by atoms with van der Waals surface area (Å²) in [6.45, 7) is 0.497. The molecule has 2 aromatic carbocycles. The molecule has 1 heterocycles. The number of likely N-dealkylation sites (tertiary alicyclic amines) is 1. The fraction of sp³-hybridized carbons (Fsp3) is 0.294. The second-order valence-corrected chi connectivity index (χ2v) is 6.44. The molecule has 0 saturated carbocycles. The summed E-state index contributed by atoms with van der Waals surface area (Å²) in [5.41, 5.74) is 0.554. The Labute approximate surface area is 136 Å². The van der Waals surface area contributed by atoms with Crippen LogP contribution in [0, 0.1) is 0 Å². The van der Waals surface area contributed by atoms with Crippen LogP contribution in [0.4, 0.5) is 0 Å². The molecule has 5 heteroatoms. The summed E-state index contributed by atoms with van der Waals surface area (Å²) >= 11 is 3.43. The smallest absolute Gasteiger partial charge is 0.326 e. The fourth-order valence-corrected chi connectivity index (χ4v) is 3.51. The van der Waals surface area contributed by atoms with Gasteiger partial charge in [-0.3, -0.25) is 4.79 Å². The average Bonchev–Trinajstić information content (AvgIpc) is 2.53. The molecule has 0 bridgehead atoms. The number of halogens is 1. The molecule has 0 unspecified atom stereocenters. The third kappa shape index (κ3) is 2.73. The minimum atomic E-state index is -0.924. The molecule has 114 valence electrons. The summed E-state index contributed by atoms with van der Waals surface area (Å²) in [5.74, 6) is -1.13. The van der Waals surface area contributed by atoms with E-state index in [2.05, 4.69) is 15.9 Å². The number of carbonyl (C=O) groups is 2. The maximum atomic E-state index is 12.9. The zero-order valence-corrected chi connectivity index (χ0v) is 13.5. The number of hydrogen-bond donors (Lipinski definition) is 1. The standard InChI is InChI=1S/C17H16BrNO3/c18-12-9-11-5-1-2-6-13(11)14(10-12)16(20)19-8-4-3-7-15(19)17(21)22/h1-2,5-6,9-10,15H,3-4,7-8H2,(H,21,22)/t15-/m1/s1. The van der Waals surface area contributed by atoms with Gasteiger partial charge in [-0.1, -0.05) is 40.2 Å². The Morgan fingerprint density at radius 2 is 1.95 bits per heavy atom. The van der Waals surface area contributed by atoms with Crippen LogP contribution in [-0.4, -0.2) is 34.5 Å². The predicted molar refractivity (Wildman–Crippen MR) is 88.0 cm³/mol. The molecule has 1 aliphatic heterocycles. The third-order valence-electron chi connectivity index (χ3n) is 4.11. The topological polar surface area (TPSA) is 57.6 Å². The number of benzene rings is 2. The van der Waals surface area contributed by atoms with Crippen molar-refractivity contribution in [1.82, 2.24) is 4.90 Å². The lowest BCUT2D eigenvalue weighted by atomic mass is 9.98. The van der Waals surface area contributed by atoms with Gasteiger partial charge >= 0.3 is 5.97 Å². The van der Waals surface area contributed by atoms with Crippen LogP contribution in [0.5, 0.6) is 0 Å². The first kappa shape index (κ1) is 15.0. The number of carboxylic acids is 1. The highest BCUT2D eigenvalue weighted by Gasteiger charge is 2.33. The quantitative estimate of drug-likeness (QED) is 0.887. The lowest BCUT2D eigenvalue weighted by Crippen LogP contribution is -2.48. The van der Waals surface area contributed by atoms with Crippen LogP contribution >= 0.6 is 15.9 Å². The summed E-state index contributed by atoms with van der Waals surface area (Å²) in [6, 6.07) is 10.7. The van der Waals surface area contributed by atoms with Gasteiger partial charge in [0.2, 0.25) is 0 Å². The molecule has 22 heavy (non-hydrogen) atoms. The van der Waals surface area contributed by atoms with Gasteiger partial charge in [-0.05, 0) is 42.2 Å². The van der Waals surface area contributed by atoms with E-state index in [0.717, 1.165) is 28.1 Å². The first-order valence-electron chi connectivity index (χ1n) is 7.30. The van der Waals surface area contributed by atoms with Gasteiger partial charge in [-0.15, -0.1) is 0 Å². The van der Waals surface area contributed by atoms with Gasteiger partial charge in [0.15, 0.2) is 0 Å². The highest BCUT2D eigenvalue weighted by Crippen LogP contribution is 2.27. The maximum Gasteiger partial charge on any atom is 0.326 e. The van der Waals surface area contributed by atoms with Gasteiger partial charge in [0.05, 0.1) is 0 Å². The number of rotatable bonds is 2. The van der Waals surface area contributed by atoms with E-state index in [4.69, 9.17) is 0 Å². The second kappa shape index (κ2) is 6.08. The lowest BCUT2D eigenvalue weighted by molar-refractivity contribution is -0.143. The summed E-state index contributed by atoms with van der Waals surface area (Å²) in [5, 5.41) is 11.2. The molecule has 0 radical (unpaired) electrons. The minimum Gasteiger partial charge on any atom is -0.480 e. The Balaban J connectivity index is 2.06. The van der Waals surface area contributed by atoms with Crippen LogP contribution in [0.2, 0.25) is 0 Å².